The lowest BCUT2D eigenvalue weighted by Gasteiger charge is -2.20. The van der Waals surface area contributed by atoms with Crippen molar-refractivity contribution in [1.82, 2.24) is 10.6 Å². The maximum Gasteiger partial charge on any atom is 0.251 e. The number of carbonyl (C=O) groups excluding carboxylic acids is 2. The minimum atomic E-state index is -0.296. The van der Waals surface area contributed by atoms with Gasteiger partial charge in [0.1, 0.15) is 0 Å². The summed E-state index contributed by atoms with van der Waals surface area (Å²) in [6.45, 7) is 5.66. The van der Waals surface area contributed by atoms with Gasteiger partial charge in [-0.1, -0.05) is 0 Å². The summed E-state index contributed by atoms with van der Waals surface area (Å²) in [5, 5.41) is 5.40. The van der Waals surface area contributed by atoms with E-state index in [0.717, 1.165) is 5.69 Å². The van der Waals surface area contributed by atoms with E-state index >= 15 is 0 Å². The van der Waals surface area contributed by atoms with Gasteiger partial charge < -0.3 is 15.5 Å². The molecule has 5 heteroatoms. The molecule has 0 spiro atoms. The van der Waals surface area contributed by atoms with Gasteiger partial charge in [0.15, 0.2) is 0 Å². The molecule has 2 amide bonds. The zero-order valence-electron chi connectivity index (χ0n) is 12.8. The second-order valence-electron chi connectivity index (χ2n) is 5.92. The Hall–Kier alpha value is -2.04. The smallest absolute Gasteiger partial charge is 0.251 e. The quantitative estimate of drug-likeness (QED) is 0.874. The summed E-state index contributed by atoms with van der Waals surface area (Å²) in [7, 11) is 3.87. The average Bonchev–Trinajstić information content (AvgIpc) is 2.34. The van der Waals surface area contributed by atoms with Crippen LogP contribution in [0.4, 0.5) is 5.69 Å². The van der Waals surface area contributed by atoms with Crippen molar-refractivity contribution >= 4 is 17.5 Å². The van der Waals surface area contributed by atoms with Crippen molar-refractivity contribution in [3.05, 3.63) is 29.8 Å². The third-order valence-corrected chi connectivity index (χ3v) is 2.57. The minimum absolute atomic E-state index is 0.0223. The van der Waals surface area contributed by atoms with Crippen molar-refractivity contribution in [2.75, 3.05) is 25.5 Å². The molecule has 0 radical (unpaired) electrons. The topological polar surface area (TPSA) is 61.4 Å². The van der Waals surface area contributed by atoms with Crippen molar-refractivity contribution in [3.8, 4) is 0 Å². The standard InChI is InChI=1S/C15H23N3O2/c1-15(2,3)17-13(19)10-16-14(20)11-6-8-12(9-7-11)18(4)5/h6-9H,10H2,1-5H3,(H,16,20)(H,17,19). The molecule has 0 atom stereocenters. The van der Waals surface area contributed by atoms with Crippen LogP contribution in [0.5, 0.6) is 0 Å². The zero-order chi connectivity index (χ0) is 15.3. The van der Waals surface area contributed by atoms with Crippen LogP contribution in [0.15, 0.2) is 24.3 Å². The van der Waals surface area contributed by atoms with Crippen LogP contribution in [-0.4, -0.2) is 38.0 Å². The molecule has 1 aromatic carbocycles. The molecule has 1 rings (SSSR count). The van der Waals surface area contributed by atoms with E-state index in [4.69, 9.17) is 0 Å². The number of amides is 2. The first-order chi connectivity index (χ1) is 9.19. The Morgan fingerprint density at radius 3 is 2.10 bits per heavy atom. The normalized spacial score (nSPS) is 10.8. The molecule has 0 aliphatic carbocycles. The number of nitrogens with one attached hydrogen (secondary N) is 2. The maximum absolute atomic E-state index is 11.9. The van der Waals surface area contributed by atoms with Gasteiger partial charge in [-0.3, -0.25) is 9.59 Å². The summed E-state index contributed by atoms with van der Waals surface area (Å²) in [4.78, 5) is 25.5. The predicted molar refractivity (Wildman–Crippen MR) is 81.0 cm³/mol. The van der Waals surface area contributed by atoms with E-state index in [2.05, 4.69) is 10.6 Å². The summed E-state index contributed by atoms with van der Waals surface area (Å²) in [5.41, 5.74) is 1.26. The lowest BCUT2D eigenvalue weighted by molar-refractivity contribution is -0.121. The molecule has 0 aliphatic rings. The highest BCUT2D eigenvalue weighted by molar-refractivity contribution is 5.96. The van der Waals surface area contributed by atoms with Crippen LogP contribution in [0, 0.1) is 0 Å². The summed E-state index contributed by atoms with van der Waals surface area (Å²) in [5.74, 6) is -0.449. The Labute approximate surface area is 120 Å². The molecule has 0 saturated heterocycles. The van der Waals surface area contributed by atoms with E-state index in [-0.39, 0.29) is 23.9 Å². The molecule has 0 unspecified atom stereocenters. The molecular weight excluding hydrogens is 254 g/mol. The Balaban J connectivity index is 2.53. The van der Waals surface area contributed by atoms with Crippen molar-refractivity contribution < 1.29 is 9.59 Å². The molecule has 0 fully saturated rings. The van der Waals surface area contributed by atoms with Crippen molar-refractivity contribution in [3.63, 3.8) is 0 Å². The predicted octanol–water partition coefficient (Wildman–Crippen LogP) is 1.40. The van der Waals surface area contributed by atoms with E-state index < -0.39 is 0 Å². The fourth-order valence-electron chi connectivity index (χ4n) is 1.64. The van der Waals surface area contributed by atoms with Gasteiger partial charge in [-0.05, 0) is 45.0 Å². The highest BCUT2D eigenvalue weighted by Gasteiger charge is 2.14. The molecule has 20 heavy (non-hydrogen) atoms. The summed E-state index contributed by atoms with van der Waals surface area (Å²) in [6.07, 6.45) is 0. The molecular formula is C15H23N3O2. The van der Waals surface area contributed by atoms with Gasteiger partial charge >= 0.3 is 0 Å². The van der Waals surface area contributed by atoms with E-state index in [1.54, 1.807) is 12.1 Å². The first-order valence-electron chi connectivity index (χ1n) is 6.55. The van der Waals surface area contributed by atoms with Gasteiger partial charge in [0.05, 0.1) is 6.54 Å². The van der Waals surface area contributed by atoms with Crippen LogP contribution < -0.4 is 15.5 Å². The zero-order valence-corrected chi connectivity index (χ0v) is 12.8. The van der Waals surface area contributed by atoms with Gasteiger partial charge in [0, 0.05) is 30.9 Å². The Morgan fingerprint density at radius 2 is 1.65 bits per heavy atom. The molecule has 0 bridgehead atoms. The van der Waals surface area contributed by atoms with Crippen LogP contribution in [0.1, 0.15) is 31.1 Å². The number of anilines is 1. The molecule has 0 saturated carbocycles. The highest BCUT2D eigenvalue weighted by Crippen LogP contribution is 2.11. The van der Waals surface area contributed by atoms with Gasteiger partial charge in [-0.2, -0.15) is 0 Å². The molecule has 1 aromatic rings. The van der Waals surface area contributed by atoms with Crippen LogP contribution in [-0.2, 0) is 4.79 Å². The van der Waals surface area contributed by atoms with Crippen molar-refractivity contribution in [1.29, 1.82) is 0 Å². The molecule has 0 aromatic heterocycles. The summed E-state index contributed by atoms with van der Waals surface area (Å²) < 4.78 is 0. The average molecular weight is 277 g/mol. The first-order valence-corrected chi connectivity index (χ1v) is 6.55. The molecule has 0 heterocycles. The number of rotatable bonds is 4. The largest absolute Gasteiger partial charge is 0.378 e. The van der Waals surface area contributed by atoms with Crippen LogP contribution in [0.3, 0.4) is 0 Å². The monoisotopic (exact) mass is 277 g/mol. The molecule has 110 valence electrons. The van der Waals surface area contributed by atoms with Crippen LogP contribution in [0.2, 0.25) is 0 Å². The second-order valence-corrected chi connectivity index (χ2v) is 5.92. The summed E-state index contributed by atoms with van der Waals surface area (Å²) in [6, 6.07) is 7.22. The number of nitrogens with zero attached hydrogens (tertiary/aromatic N) is 1. The van der Waals surface area contributed by atoms with Crippen molar-refractivity contribution in [2.45, 2.75) is 26.3 Å². The molecule has 0 aliphatic heterocycles. The fraction of sp³-hybridized carbons (Fsp3) is 0.467. The van der Waals surface area contributed by atoms with Gasteiger partial charge in [0.2, 0.25) is 5.91 Å². The first kappa shape index (κ1) is 16.0. The summed E-state index contributed by atoms with van der Waals surface area (Å²) >= 11 is 0. The second kappa shape index (κ2) is 6.41. The Morgan fingerprint density at radius 1 is 1.10 bits per heavy atom. The highest BCUT2D eigenvalue weighted by atomic mass is 16.2. The van der Waals surface area contributed by atoms with Gasteiger partial charge in [-0.25, -0.2) is 0 Å². The number of carbonyl (C=O) groups is 2. The van der Waals surface area contributed by atoms with E-state index in [9.17, 15) is 9.59 Å². The van der Waals surface area contributed by atoms with Crippen LogP contribution >= 0.6 is 0 Å². The van der Waals surface area contributed by atoms with E-state index in [1.807, 2.05) is 51.9 Å². The van der Waals surface area contributed by atoms with Crippen molar-refractivity contribution in [2.24, 2.45) is 0 Å². The third-order valence-electron chi connectivity index (χ3n) is 2.57. The lowest BCUT2D eigenvalue weighted by Crippen LogP contribution is -2.45. The number of hydrogen-bond donors (Lipinski definition) is 2. The maximum atomic E-state index is 11.9. The SMILES string of the molecule is CN(C)c1ccc(C(=O)NCC(=O)NC(C)(C)C)cc1. The fourth-order valence-corrected chi connectivity index (χ4v) is 1.64. The number of hydrogen-bond acceptors (Lipinski definition) is 3. The van der Waals surface area contributed by atoms with E-state index in [0.29, 0.717) is 5.56 Å². The Kier molecular flexibility index (Phi) is 5.13. The number of benzene rings is 1. The van der Waals surface area contributed by atoms with Crippen LogP contribution in [0.25, 0.3) is 0 Å². The van der Waals surface area contributed by atoms with Gasteiger partial charge in [0.25, 0.3) is 5.91 Å². The minimum Gasteiger partial charge on any atom is -0.378 e. The third kappa shape index (κ3) is 5.30. The van der Waals surface area contributed by atoms with Gasteiger partial charge in [-0.15, -0.1) is 0 Å². The Bertz CT molecular complexity index is 473. The lowest BCUT2D eigenvalue weighted by atomic mass is 10.1. The molecule has 2 N–H and O–H groups in total. The van der Waals surface area contributed by atoms with E-state index in [1.165, 1.54) is 0 Å². The molecule has 5 nitrogen and oxygen atoms in total.